The van der Waals surface area contributed by atoms with E-state index in [0.29, 0.717) is 5.92 Å². The highest BCUT2D eigenvalue weighted by atomic mass is 14.3. The van der Waals surface area contributed by atoms with E-state index in [9.17, 15) is 0 Å². The molecule has 1 unspecified atom stereocenters. The smallest absolute Gasteiger partial charge is 0.00549 e. The van der Waals surface area contributed by atoms with E-state index in [2.05, 4.69) is 97.9 Å². The van der Waals surface area contributed by atoms with Crippen LogP contribution >= 0.6 is 0 Å². The second-order valence-corrected chi connectivity index (χ2v) is 10.4. The molecule has 0 aromatic heterocycles. The molecule has 144 valence electrons. The minimum Gasteiger partial charge on any atom is -0.0648 e. The zero-order valence-corrected chi connectivity index (χ0v) is 18.5. The van der Waals surface area contributed by atoms with Crippen LogP contribution in [0.25, 0.3) is 17.2 Å². The van der Waals surface area contributed by atoms with Crippen molar-refractivity contribution in [1.29, 1.82) is 0 Å². The Morgan fingerprint density at radius 1 is 0.889 bits per heavy atom. The molecular weight excluding hydrogens is 324 g/mol. The first kappa shape index (κ1) is 19.9. The maximum absolute atomic E-state index is 2.47. The van der Waals surface area contributed by atoms with Gasteiger partial charge in [0, 0.05) is 0 Å². The highest BCUT2D eigenvalue weighted by Crippen LogP contribution is 2.40. The summed E-state index contributed by atoms with van der Waals surface area (Å²) in [6.07, 6.45) is 4.80. The molecular formula is C27H36. The molecule has 0 saturated heterocycles. The molecule has 0 heterocycles. The van der Waals surface area contributed by atoms with Crippen molar-refractivity contribution in [2.24, 2.45) is 5.92 Å². The fourth-order valence-corrected chi connectivity index (χ4v) is 3.87. The Hall–Kier alpha value is -1.82. The topological polar surface area (TPSA) is 0 Å². The third kappa shape index (κ3) is 4.05. The maximum atomic E-state index is 2.47. The Labute approximate surface area is 166 Å². The molecule has 2 aromatic carbocycles. The summed E-state index contributed by atoms with van der Waals surface area (Å²) in [7, 11) is 0. The highest BCUT2D eigenvalue weighted by Gasteiger charge is 2.23. The van der Waals surface area contributed by atoms with Gasteiger partial charge < -0.3 is 0 Å². The lowest BCUT2D eigenvalue weighted by Crippen LogP contribution is -2.16. The van der Waals surface area contributed by atoms with Crippen LogP contribution in [0.2, 0.25) is 0 Å². The number of hydrogen-bond donors (Lipinski definition) is 0. The maximum Gasteiger partial charge on any atom is -0.00549 e. The van der Waals surface area contributed by atoms with E-state index in [1.54, 1.807) is 5.57 Å². The quantitative estimate of drug-likeness (QED) is 0.521. The van der Waals surface area contributed by atoms with E-state index in [1.165, 1.54) is 39.8 Å². The molecule has 2 aromatic rings. The first-order valence-electron chi connectivity index (χ1n) is 10.5. The Morgan fingerprint density at radius 2 is 1.48 bits per heavy atom. The van der Waals surface area contributed by atoms with Gasteiger partial charge in [-0.2, -0.15) is 0 Å². The van der Waals surface area contributed by atoms with Gasteiger partial charge >= 0.3 is 0 Å². The average molecular weight is 361 g/mol. The van der Waals surface area contributed by atoms with Crippen LogP contribution in [0.15, 0.2) is 42.0 Å². The fraction of sp³-hybridized carbons (Fsp3) is 0.481. The number of rotatable bonds is 3. The third-order valence-electron chi connectivity index (χ3n) is 6.14. The van der Waals surface area contributed by atoms with Gasteiger partial charge in [-0.3, -0.25) is 0 Å². The Bertz CT molecular complexity index is 834. The van der Waals surface area contributed by atoms with Crippen molar-refractivity contribution in [3.8, 4) is 11.1 Å². The van der Waals surface area contributed by atoms with Crippen LogP contribution in [0.3, 0.4) is 0 Å². The summed E-state index contributed by atoms with van der Waals surface area (Å²) >= 11 is 0. The van der Waals surface area contributed by atoms with Crippen molar-refractivity contribution >= 4 is 6.08 Å². The van der Waals surface area contributed by atoms with E-state index in [4.69, 9.17) is 0 Å². The number of benzene rings is 2. The average Bonchev–Trinajstić information content (AvgIpc) is 3.03. The normalized spacial score (nSPS) is 15.5. The summed E-state index contributed by atoms with van der Waals surface area (Å²) in [5.41, 5.74) is 10.4. The molecule has 0 nitrogen and oxygen atoms in total. The van der Waals surface area contributed by atoms with Gasteiger partial charge in [-0.25, -0.2) is 0 Å². The third-order valence-corrected chi connectivity index (χ3v) is 6.14. The minimum atomic E-state index is 0.145. The van der Waals surface area contributed by atoms with Gasteiger partial charge in [-0.05, 0) is 63.0 Å². The zero-order valence-electron chi connectivity index (χ0n) is 18.5. The molecule has 0 saturated carbocycles. The molecule has 0 bridgehead atoms. The van der Waals surface area contributed by atoms with Gasteiger partial charge in [-0.1, -0.05) is 103 Å². The lowest BCUT2D eigenvalue weighted by molar-refractivity contribution is 0.569. The first-order chi connectivity index (χ1) is 12.5. The number of hydrogen-bond acceptors (Lipinski definition) is 0. The summed E-state index contributed by atoms with van der Waals surface area (Å²) in [6, 6.07) is 14.1. The van der Waals surface area contributed by atoms with Crippen LogP contribution in [0.5, 0.6) is 0 Å². The fourth-order valence-electron chi connectivity index (χ4n) is 3.87. The molecule has 1 atom stereocenters. The van der Waals surface area contributed by atoms with Gasteiger partial charge in [0.25, 0.3) is 0 Å². The van der Waals surface area contributed by atoms with E-state index < -0.39 is 0 Å². The van der Waals surface area contributed by atoms with Gasteiger partial charge in [0.2, 0.25) is 0 Å². The zero-order chi connectivity index (χ0) is 20.0. The molecule has 0 aliphatic heterocycles. The van der Waals surface area contributed by atoms with Gasteiger partial charge in [0.05, 0.1) is 0 Å². The molecule has 0 amide bonds. The standard InChI is InChI=1S/C27H36/c1-9-18(2)20-13-19-11-10-12-24(25(19)16-20)21-14-22(26(3,4)5)17-23(15-21)27(6,7)8/h10-12,14-18H,9,13H2,1-8H3. The van der Waals surface area contributed by atoms with E-state index >= 15 is 0 Å². The SMILES string of the molecule is CCC(C)C1=Cc2c(cccc2-c2cc(C(C)(C)C)cc(C(C)(C)C)c2)C1. The minimum absolute atomic E-state index is 0.145. The molecule has 0 spiro atoms. The highest BCUT2D eigenvalue weighted by molar-refractivity contribution is 5.81. The molecule has 3 rings (SSSR count). The second kappa shape index (κ2) is 6.97. The summed E-state index contributed by atoms with van der Waals surface area (Å²) < 4.78 is 0. The second-order valence-electron chi connectivity index (χ2n) is 10.4. The van der Waals surface area contributed by atoms with Crippen molar-refractivity contribution in [3.05, 3.63) is 64.2 Å². The van der Waals surface area contributed by atoms with Crippen LogP contribution in [-0.4, -0.2) is 0 Å². The van der Waals surface area contributed by atoms with Gasteiger partial charge in [-0.15, -0.1) is 0 Å². The van der Waals surface area contributed by atoms with Gasteiger partial charge in [0.15, 0.2) is 0 Å². The van der Waals surface area contributed by atoms with Crippen LogP contribution in [0.4, 0.5) is 0 Å². The summed E-state index contributed by atoms with van der Waals surface area (Å²) in [5.74, 6) is 0.663. The largest absolute Gasteiger partial charge is 0.0648 e. The molecule has 0 N–H and O–H groups in total. The predicted molar refractivity (Wildman–Crippen MR) is 120 cm³/mol. The Kier molecular flexibility index (Phi) is 5.14. The summed E-state index contributed by atoms with van der Waals surface area (Å²) in [4.78, 5) is 0. The number of fused-ring (bicyclic) bond motifs is 1. The van der Waals surface area contributed by atoms with Crippen LogP contribution in [0.1, 0.15) is 84.1 Å². The monoisotopic (exact) mass is 360 g/mol. The lowest BCUT2D eigenvalue weighted by atomic mass is 9.78. The Balaban J connectivity index is 2.19. The van der Waals surface area contributed by atoms with E-state index in [0.717, 1.165) is 6.42 Å². The summed E-state index contributed by atoms with van der Waals surface area (Å²) in [5, 5.41) is 0. The van der Waals surface area contributed by atoms with Crippen molar-refractivity contribution in [3.63, 3.8) is 0 Å². The molecule has 0 heteroatoms. The molecule has 1 aliphatic carbocycles. The molecule has 0 radical (unpaired) electrons. The van der Waals surface area contributed by atoms with E-state index in [1.807, 2.05) is 0 Å². The van der Waals surface area contributed by atoms with Crippen molar-refractivity contribution in [2.75, 3.05) is 0 Å². The van der Waals surface area contributed by atoms with E-state index in [-0.39, 0.29) is 10.8 Å². The van der Waals surface area contributed by atoms with Crippen LogP contribution in [-0.2, 0) is 17.3 Å². The molecule has 0 fully saturated rings. The molecule has 1 aliphatic rings. The van der Waals surface area contributed by atoms with Crippen molar-refractivity contribution in [2.45, 2.75) is 79.1 Å². The Morgan fingerprint density at radius 3 is 2.00 bits per heavy atom. The van der Waals surface area contributed by atoms with Crippen LogP contribution in [0, 0.1) is 5.92 Å². The summed E-state index contributed by atoms with van der Waals surface area (Å²) in [6.45, 7) is 18.5. The van der Waals surface area contributed by atoms with Crippen molar-refractivity contribution in [1.82, 2.24) is 0 Å². The molecule has 27 heavy (non-hydrogen) atoms. The first-order valence-corrected chi connectivity index (χ1v) is 10.5. The predicted octanol–water partition coefficient (Wildman–Crippen LogP) is 7.93. The van der Waals surface area contributed by atoms with Crippen molar-refractivity contribution < 1.29 is 0 Å². The number of allylic oxidation sites excluding steroid dienone is 1. The van der Waals surface area contributed by atoms with Crippen LogP contribution < -0.4 is 0 Å². The van der Waals surface area contributed by atoms with Gasteiger partial charge in [0.1, 0.15) is 0 Å². The lowest BCUT2D eigenvalue weighted by Gasteiger charge is -2.26.